The molecule has 0 aliphatic carbocycles. The van der Waals surface area contributed by atoms with Gasteiger partial charge in [0.2, 0.25) is 0 Å². The van der Waals surface area contributed by atoms with E-state index in [1.54, 1.807) is 12.3 Å². The van der Waals surface area contributed by atoms with Gasteiger partial charge in [0.15, 0.2) is 0 Å². The minimum atomic E-state index is -0.151. The van der Waals surface area contributed by atoms with Crippen molar-refractivity contribution >= 4 is 28.5 Å². The number of aromatic nitrogens is 4. The Morgan fingerprint density at radius 1 is 1.33 bits per heavy atom. The van der Waals surface area contributed by atoms with Gasteiger partial charge in [-0.2, -0.15) is 15.4 Å². The molecule has 2 heterocycles. The molecule has 0 atom stereocenters. The van der Waals surface area contributed by atoms with Gasteiger partial charge in [0, 0.05) is 15.5 Å². The molecule has 0 spiro atoms. The van der Waals surface area contributed by atoms with Gasteiger partial charge < -0.3 is 9.88 Å². The molecule has 3 rings (SSSR count). The average Bonchev–Trinajstić information content (AvgIpc) is 3.16. The van der Waals surface area contributed by atoms with Crippen LogP contribution in [-0.4, -0.2) is 25.9 Å². The molecule has 7 heteroatoms. The number of H-pyrrole nitrogens is 1. The van der Waals surface area contributed by atoms with Gasteiger partial charge in [0.25, 0.3) is 5.91 Å². The maximum absolute atomic E-state index is 12.3. The summed E-state index contributed by atoms with van der Waals surface area (Å²) in [5, 5.41) is 12.9. The molecule has 0 radical (unpaired) electrons. The molecule has 21 heavy (non-hydrogen) atoms. The largest absolute Gasteiger partial charge is 0.345 e. The summed E-state index contributed by atoms with van der Waals surface area (Å²) in [6.45, 7) is 0.340. The first kappa shape index (κ1) is 13.8. The van der Waals surface area contributed by atoms with Crippen molar-refractivity contribution in [3.63, 3.8) is 0 Å². The molecule has 0 fully saturated rings. The normalized spacial score (nSPS) is 10.5. The average molecular weight is 393 g/mol. The van der Waals surface area contributed by atoms with E-state index >= 15 is 0 Å². The Bertz CT molecular complexity index is 750. The zero-order valence-electron chi connectivity index (χ0n) is 11.0. The molecule has 0 aliphatic heterocycles. The first-order valence-corrected chi connectivity index (χ1v) is 7.38. The van der Waals surface area contributed by atoms with Crippen molar-refractivity contribution in [1.82, 2.24) is 25.3 Å². The van der Waals surface area contributed by atoms with Gasteiger partial charge in [0.1, 0.15) is 11.4 Å². The predicted octanol–water partition coefficient (Wildman–Crippen LogP) is 2.13. The highest BCUT2D eigenvalue weighted by Gasteiger charge is 2.12. The van der Waals surface area contributed by atoms with E-state index in [0.717, 1.165) is 9.26 Å². The van der Waals surface area contributed by atoms with Gasteiger partial charge in [-0.1, -0.05) is 6.07 Å². The number of hydrogen-bond acceptors (Lipinski definition) is 3. The van der Waals surface area contributed by atoms with E-state index in [-0.39, 0.29) is 5.91 Å². The summed E-state index contributed by atoms with van der Waals surface area (Å²) in [6, 6.07) is 11.6. The van der Waals surface area contributed by atoms with E-state index in [4.69, 9.17) is 0 Å². The van der Waals surface area contributed by atoms with Crippen LogP contribution in [0, 0.1) is 3.57 Å². The Kier molecular flexibility index (Phi) is 4.00. The molecule has 3 aromatic rings. The summed E-state index contributed by atoms with van der Waals surface area (Å²) >= 11 is 2.25. The van der Waals surface area contributed by atoms with Gasteiger partial charge in [-0.25, -0.2) is 0 Å². The molecule has 106 valence electrons. The van der Waals surface area contributed by atoms with Crippen LogP contribution < -0.4 is 5.32 Å². The maximum Gasteiger partial charge on any atom is 0.268 e. The smallest absolute Gasteiger partial charge is 0.268 e. The van der Waals surface area contributed by atoms with Crippen LogP contribution in [0.25, 0.3) is 5.69 Å². The highest BCUT2D eigenvalue weighted by atomic mass is 127. The Morgan fingerprint density at radius 3 is 3.00 bits per heavy atom. The number of benzene rings is 1. The van der Waals surface area contributed by atoms with E-state index in [1.165, 1.54) is 0 Å². The van der Waals surface area contributed by atoms with E-state index < -0.39 is 0 Å². The van der Waals surface area contributed by atoms with Gasteiger partial charge >= 0.3 is 0 Å². The van der Waals surface area contributed by atoms with Gasteiger partial charge in [-0.05, 0) is 52.9 Å². The molecule has 0 bridgehead atoms. The van der Waals surface area contributed by atoms with E-state index in [2.05, 4.69) is 43.3 Å². The summed E-state index contributed by atoms with van der Waals surface area (Å²) in [4.78, 5) is 12.3. The van der Waals surface area contributed by atoms with Gasteiger partial charge in [-0.3, -0.25) is 4.79 Å². The number of nitrogens with one attached hydrogen (secondary N) is 2. The lowest BCUT2D eigenvalue weighted by Crippen LogP contribution is -2.25. The lowest BCUT2D eigenvalue weighted by Gasteiger charge is -2.09. The maximum atomic E-state index is 12.3. The highest BCUT2D eigenvalue weighted by molar-refractivity contribution is 14.1. The minimum absolute atomic E-state index is 0.151. The van der Waals surface area contributed by atoms with Crippen molar-refractivity contribution < 1.29 is 4.79 Å². The minimum Gasteiger partial charge on any atom is -0.345 e. The Balaban J connectivity index is 1.80. The monoisotopic (exact) mass is 393 g/mol. The summed E-state index contributed by atoms with van der Waals surface area (Å²) in [5.74, 6) is -0.151. The highest BCUT2D eigenvalue weighted by Crippen LogP contribution is 2.15. The van der Waals surface area contributed by atoms with Crippen LogP contribution in [0.5, 0.6) is 0 Å². The summed E-state index contributed by atoms with van der Waals surface area (Å²) in [7, 11) is 0. The van der Waals surface area contributed by atoms with Gasteiger partial charge in [0.05, 0.1) is 12.7 Å². The number of aromatic amines is 1. The lowest BCUT2D eigenvalue weighted by molar-refractivity contribution is 0.0943. The fourth-order valence-corrected chi connectivity index (χ4v) is 2.52. The van der Waals surface area contributed by atoms with Crippen LogP contribution in [0.2, 0.25) is 0 Å². The zero-order valence-corrected chi connectivity index (χ0v) is 13.1. The third-order valence-corrected chi connectivity index (χ3v) is 3.63. The molecular formula is C14H12IN5O. The standard InChI is InChI=1S/C14H12IN5O/c15-10-3-1-4-12(7-10)20-6-2-5-13(20)14(21)16-8-11-9-17-19-18-11/h1-7,9H,8H2,(H,16,21)(H,17,18,19). The van der Waals surface area contributed by atoms with Gasteiger partial charge in [-0.15, -0.1) is 0 Å². The van der Waals surface area contributed by atoms with Crippen LogP contribution in [0.3, 0.4) is 0 Å². The summed E-state index contributed by atoms with van der Waals surface area (Å²) in [6.07, 6.45) is 3.45. The number of halogens is 1. The van der Waals surface area contributed by atoms with Crippen molar-refractivity contribution in [2.45, 2.75) is 6.54 Å². The molecule has 0 unspecified atom stereocenters. The first-order chi connectivity index (χ1) is 10.2. The molecule has 0 aliphatic rings. The first-order valence-electron chi connectivity index (χ1n) is 6.30. The molecular weight excluding hydrogens is 381 g/mol. The van der Waals surface area contributed by atoms with Crippen molar-refractivity contribution in [3.8, 4) is 5.69 Å². The third kappa shape index (κ3) is 3.13. The van der Waals surface area contributed by atoms with E-state index in [0.29, 0.717) is 17.9 Å². The van der Waals surface area contributed by atoms with Crippen LogP contribution in [0.4, 0.5) is 0 Å². The fourth-order valence-electron chi connectivity index (χ4n) is 1.99. The van der Waals surface area contributed by atoms with Crippen LogP contribution in [0.1, 0.15) is 16.2 Å². The van der Waals surface area contributed by atoms with E-state index in [1.807, 2.05) is 41.1 Å². The van der Waals surface area contributed by atoms with Crippen LogP contribution >= 0.6 is 22.6 Å². The Morgan fingerprint density at radius 2 is 2.24 bits per heavy atom. The van der Waals surface area contributed by atoms with Crippen molar-refractivity contribution in [2.24, 2.45) is 0 Å². The molecule has 1 amide bonds. The molecule has 0 saturated carbocycles. The molecule has 0 saturated heterocycles. The number of amides is 1. The second-order valence-corrected chi connectivity index (χ2v) is 5.63. The van der Waals surface area contributed by atoms with Crippen molar-refractivity contribution in [3.05, 3.63) is 63.7 Å². The second kappa shape index (κ2) is 6.08. The molecule has 2 aromatic heterocycles. The summed E-state index contributed by atoms with van der Waals surface area (Å²) < 4.78 is 2.98. The van der Waals surface area contributed by atoms with Crippen molar-refractivity contribution in [2.75, 3.05) is 0 Å². The second-order valence-electron chi connectivity index (χ2n) is 4.39. The lowest BCUT2D eigenvalue weighted by atomic mass is 10.3. The molecule has 2 N–H and O–H groups in total. The van der Waals surface area contributed by atoms with Crippen molar-refractivity contribution in [1.29, 1.82) is 0 Å². The number of rotatable bonds is 4. The van der Waals surface area contributed by atoms with Crippen LogP contribution in [0.15, 0.2) is 48.8 Å². The Labute approximate surface area is 134 Å². The number of nitrogens with zero attached hydrogens (tertiary/aromatic N) is 3. The zero-order chi connectivity index (χ0) is 14.7. The fraction of sp³-hybridized carbons (Fsp3) is 0.0714. The quantitative estimate of drug-likeness (QED) is 0.667. The summed E-state index contributed by atoms with van der Waals surface area (Å²) in [5.41, 5.74) is 2.23. The topological polar surface area (TPSA) is 75.6 Å². The number of carbonyl (C=O) groups excluding carboxylic acids is 1. The Hall–Kier alpha value is -2.16. The molecule has 6 nitrogen and oxygen atoms in total. The van der Waals surface area contributed by atoms with Crippen LogP contribution in [-0.2, 0) is 6.54 Å². The number of hydrogen-bond donors (Lipinski definition) is 2. The third-order valence-electron chi connectivity index (χ3n) is 2.96. The SMILES string of the molecule is O=C(NCc1cn[nH]n1)c1cccn1-c1cccc(I)c1. The predicted molar refractivity (Wildman–Crippen MR) is 86.0 cm³/mol. The number of carbonyl (C=O) groups is 1. The molecule has 1 aromatic carbocycles. The van der Waals surface area contributed by atoms with E-state index in [9.17, 15) is 4.79 Å².